The largest absolute Gasteiger partial charge is 0.504 e. The van der Waals surface area contributed by atoms with E-state index in [1.54, 1.807) is 0 Å². The molecular weight excluding hydrogens is 732 g/mol. The molecule has 2 heterocycles. The average Bonchev–Trinajstić information content (AvgIpc) is 3.15. The van der Waals surface area contributed by atoms with Gasteiger partial charge in [-0.3, -0.25) is 0 Å². The lowest BCUT2D eigenvalue weighted by Gasteiger charge is -2.31. The summed E-state index contributed by atoms with van der Waals surface area (Å²) in [5.41, 5.74) is -4.21. The molecule has 0 amide bonds. The van der Waals surface area contributed by atoms with Crippen LogP contribution in [0.2, 0.25) is 0 Å². The number of aliphatic hydroxyl groups is 2. The number of phenolic OH excluding ortho intramolecular Hbond substituents is 10. The lowest BCUT2D eigenvalue weighted by molar-refractivity contribution is -0.140. The maximum atomic E-state index is 14.0. The fourth-order valence-electron chi connectivity index (χ4n) is 5.49. The molecule has 0 fully saturated rings. The van der Waals surface area contributed by atoms with E-state index < -0.39 is 157 Å². The van der Waals surface area contributed by atoms with Crippen molar-refractivity contribution in [3.63, 3.8) is 0 Å². The summed E-state index contributed by atoms with van der Waals surface area (Å²) < 4.78 is 26.8. The van der Waals surface area contributed by atoms with Crippen molar-refractivity contribution in [3.8, 4) is 91.6 Å². The van der Waals surface area contributed by atoms with Gasteiger partial charge >= 0.3 is 17.9 Å². The molecule has 12 N–H and O–H groups in total. The summed E-state index contributed by atoms with van der Waals surface area (Å²) in [6, 6.07) is 3.03. The predicted molar refractivity (Wildman–Crippen MR) is 168 cm³/mol. The van der Waals surface area contributed by atoms with Gasteiger partial charge in [-0.1, -0.05) is 0 Å². The summed E-state index contributed by atoms with van der Waals surface area (Å²) in [5.74, 6) is -18.6. The SMILES string of the molecule is O=CC(O)C(OC(=O)c1cc(O)c(O)c(O)c1)C1OC(=O)c2cc(O)c(O)c(O)c2-c2c(cc(O)c3c2Oc2cc(O)c(O)c(O)c2O3)C(=O)OCC1O. The molecule has 282 valence electrons. The monoisotopic (exact) mass is 756 g/mol. The van der Waals surface area contributed by atoms with Gasteiger partial charge in [0.2, 0.25) is 28.7 Å². The minimum absolute atomic E-state index is 0.222. The Kier molecular flexibility index (Phi) is 8.89. The van der Waals surface area contributed by atoms with Crippen LogP contribution in [0.3, 0.4) is 0 Å². The average molecular weight is 757 g/mol. The van der Waals surface area contributed by atoms with Crippen molar-refractivity contribution >= 4 is 24.2 Å². The highest BCUT2D eigenvalue weighted by Crippen LogP contribution is 2.61. The van der Waals surface area contributed by atoms with E-state index in [-0.39, 0.29) is 6.29 Å². The summed E-state index contributed by atoms with van der Waals surface area (Å²) in [6.45, 7) is -1.21. The highest BCUT2D eigenvalue weighted by molar-refractivity contribution is 6.09. The molecule has 0 bridgehead atoms. The molecular formula is C33H24O21. The van der Waals surface area contributed by atoms with E-state index in [4.69, 9.17) is 23.7 Å². The fraction of sp³-hybridized carbons (Fsp3) is 0.152. The smallest absolute Gasteiger partial charge is 0.339 e. The molecule has 4 aromatic carbocycles. The maximum absolute atomic E-state index is 14.0. The van der Waals surface area contributed by atoms with Gasteiger partial charge in [-0.05, 0) is 24.3 Å². The van der Waals surface area contributed by atoms with Gasteiger partial charge in [0.1, 0.15) is 18.8 Å². The summed E-state index contributed by atoms with van der Waals surface area (Å²) in [6.07, 6.45) is -9.78. The van der Waals surface area contributed by atoms with E-state index in [9.17, 15) is 80.5 Å². The Hall–Kier alpha value is -7.52. The number of phenols is 10. The molecule has 0 spiro atoms. The Bertz CT molecular complexity index is 2260. The maximum Gasteiger partial charge on any atom is 0.339 e. The molecule has 21 heteroatoms. The van der Waals surface area contributed by atoms with Crippen molar-refractivity contribution in [2.45, 2.75) is 24.4 Å². The van der Waals surface area contributed by atoms with E-state index in [0.717, 1.165) is 6.07 Å². The number of cyclic esters (lactones) is 2. The first-order valence-electron chi connectivity index (χ1n) is 14.9. The first-order valence-corrected chi connectivity index (χ1v) is 14.9. The quantitative estimate of drug-likeness (QED) is 0.0517. The number of ether oxygens (including phenoxy) is 5. The Morgan fingerprint density at radius 1 is 0.685 bits per heavy atom. The fourth-order valence-corrected chi connectivity index (χ4v) is 5.49. The third-order valence-electron chi connectivity index (χ3n) is 8.11. The van der Waals surface area contributed by atoms with Gasteiger partial charge in [0, 0.05) is 17.2 Å². The number of aldehydes is 1. The third kappa shape index (κ3) is 5.89. The lowest BCUT2D eigenvalue weighted by atomic mass is 9.91. The molecule has 0 aliphatic carbocycles. The normalized spacial score (nSPS) is 17.3. The predicted octanol–water partition coefficient (Wildman–Crippen LogP) is 1.15. The van der Waals surface area contributed by atoms with Crippen LogP contribution in [0.4, 0.5) is 0 Å². The second-order valence-electron chi connectivity index (χ2n) is 11.5. The van der Waals surface area contributed by atoms with Crippen molar-refractivity contribution in [1.29, 1.82) is 0 Å². The third-order valence-corrected chi connectivity index (χ3v) is 8.11. The molecule has 0 radical (unpaired) electrons. The second-order valence-corrected chi connectivity index (χ2v) is 11.5. The van der Waals surface area contributed by atoms with Gasteiger partial charge in [0.25, 0.3) is 0 Å². The number of esters is 3. The van der Waals surface area contributed by atoms with Gasteiger partial charge < -0.3 is 89.8 Å². The van der Waals surface area contributed by atoms with Crippen LogP contribution in [0.1, 0.15) is 31.1 Å². The van der Waals surface area contributed by atoms with E-state index in [1.165, 1.54) is 0 Å². The summed E-state index contributed by atoms with van der Waals surface area (Å²) in [4.78, 5) is 52.5. The van der Waals surface area contributed by atoms with Gasteiger partial charge in [0.05, 0.1) is 16.7 Å². The van der Waals surface area contributed by atoms with Crippen molar-refractivity contribution in [2.24, 2.45) is 0 Å². The minimum atomic E-state index is -2.44. The van der Waals surface area contributed by atoms with Crippen LogP contribution in [-0.4, -0.2) is 116 Å². The van der Waals surface area contributed by atoms with Gasteiger partial charge in [-0.15, -0.1) is 0 Å². The molecule has 54 heavy (non-hydrogen) atoms. The zero-order chi connectivity index (χ0) is 39.5. The lowest BCUT2D eigenvalue weighted by Crippen LogP contribution is -2.51. The standard InChI is InChI=1S/C33H24O21/c34-6-16(40)27(53-31(47)8-1-11(35)21(42)12(36)2-8)28-17(41)7-50-32(48)10-4-15(39)26-30(51-18-5-14(38)23(44)25(46)29(18)52-26)20(10)19-9(33(49)54-28)3-13(37)22(43)24(19)45/h1-6,16-17,27-28,35-46H,7H2. The zero-order valence-corrected chi connectivity index (χ0v) is 26.5. The molecule has 0 saturated heterocycles. The summed E-state index contributed by atoms with van der Waals surface area (Å²) in [5, 5.41) is 124. The molecule has 0 aromatic heterocycles. The van der Waals surface area contributed by atoms with Crippen LogP contribution in [0.5, 0.6) is 80.5 Å². The summed E-state index contributed by atoms with van der Waals surface area (Å²) in [7, 11) is 0. The van der Waals surface area contributed by atoms with Crippen LogP contribution < -0.4 is 9.47 Å². The topological polar surface area (TPSA) is 357 Å². The van der Waals surface area contributed by atoms with Crippen LogP contribution in [0.15, 0.2) is 30.3 Å². The van der Waals surface area contributed by atoms with Crippen LogP contribution in [0.25, 0.3) is 11.1 Å². The van der Waals surface area contributed by atoms with Gasteiger partial charge in [-0.2, -0.15) is 0 Å². The minimum Gasteiger partial charge on any atom is -0.504 e. The van der Waals surface area contributed by atoms with Gasteiger partial charge in [-0.25, -0.2) is 14.4 Å². The van der Waals surface area contributed by atoms with Crippen molar-refractivity contribution in [1.82, 2.24) is 0 Å². The van der Waals surface area contributed by atoms with Crippen LogP contribution >= 0.6 is 0 Å². The molecule has 2 aliphatic heterocycles. The van der Waals surface area contributed by atoms with Crippen molar-refractivity contribution in [3.05, 3.63) is 47.0 Å². The highest BCUT2D eigenvalue weighted by Gasteiger charge is 2.44. The number of hydrogen-bond donors (Lipinski definition) is 12. The highest BCUT2D eigenvalue weighted by atomic mass is 16.6. The number of benzene rings is 4. The van der Waals surface area contributed by atoms with Crippen LogP contribution in [0, 0.1) is 0 Å². The molecule has 4 aromatic rings. The number of rotatable bonds is 5. The van der Waals surface area contributed by atoms with Crippen molar-refractivity contribution < 1.29 is 104 Å². The molecule has 21 nitrogen and oxygen atoms in total. The van der Waals surface area contributed by atoms with E-state index in [2.05, 4.69) is 0 Å². The molecule has 4 atom stereocenters. The second kappa shape index (κ2) is 13.2. The Morgan fingerprint density at radius 3 is 1.91 bits per heavy atom. The first-order chi connectivity index (χ1) is 25.4. The number of carbonyl (C=O) groups excluding carboxylic acids is 4. The first kappa shape index (κ1) is 36.3. The van der Waals surface area contributed by atoms with Gasteiger partial charge in [0.15, 0.2) is 70.2 Å². The number of aliphatic hydroxyl groups excluding tert-OH is 2. The molecule has 4 unspecified atom stereocenters. The number of aromatic hydroxyl groups is 10. The Morgan fingerprint density at radius 2 is 1.26 bits per heavy atom. The van der Waals surface area contributed by atoms with E-state index in [1.807, 2.05) is 0 Å². The number of carbonyl (C=O) groups is 4. The summed E-state index contributed by atoms with van der Waals surface area (Å²) >= 11 is 0. The molecule has 6 rings (SSSR count). The number of hydrogen-bond acceptors (Lipinski definition) is 21. The van der Waals surface area contributed by atoms with E-state index in [0.29, 0.717) is 24.3 Å². The molecule has 0 saturated carbocycles. The van der Waals surface area contributed by atoms with E-state index >= 15 is 0 Å². The zero-order valence-electron chi connectivity index (χ0n) is 26.5. The number of fused-ring (bicyclic) bond motifs is 6. The Balaban J connectivity index is 1.53. The van der Waals surface area contributed by atoms with Crippen molar-refractivity contribution in [2.75, 3.05) is 6.61 Å². The van der Waals surface area contributed by atoms with Crippen LogP contribution in [-0.2, 0) is 19.0 Å². The Labute approximate surface area is 298 Å². The molecule has 2 aliphatic rings.